The lowest BCUT2D eigenvalue weighted by Gasteiger charge is -2.35. The zero-order valence-electron chi connectivity index (χ0n) is 10.9. The van der Waals surface area contributed by atoms with E-state index in [1.807, 2.05) is 0 Å². The highest BCUT2D eigenvalue weighted by molar-refractivity contribution is 7.89. The summed E-state index contributed by atoms with van der Waals surface area (Å²) in [7, 11) is -3.99. The third-order valence-electron chi connectivity index (χ3n) is 4.11. The van der Waals surface area contributed by atoms with Crippen LogP contribution < -0.4 is 5.32 Å². The normalized spacial score (nSPS) is 27.5. The first kappa shape index (κ1) is 13.9. The molecular weight excluding hydrogens is 286 g/mol. The molecule has 2 aliphatic rings. The van der Waals surface area contributed by atoms with Crippen LogP contribution in [-0.2, 0) is 10.0 Å². The Hall–Kier alpha value is -1.05. The topological polar surface area (TPSA) is 49.4 Å². The molecular formula is C13H16F2N2O2S. The van der Waals surface area contributed by atoms with E-state index in [9.17, 15) is 17.2 Å². The van der Waals surface area contributed by atoms with Crippen LogP contribution in [0.1, 0.15) is 12.8 Å². The lowest BCUT2D eigenvalue weighted by atomic mass is 9.94. The molecule has 7 heteroatoms. The highest BCUT2D eigenvalue weighted by Gasteiger charge is 2.42. The molecule has 0 bridgehead atoms. The summed E-state index contributed by atoms with van der Waals surface area (Å²) in [6.45, 7) is 1.71. The summed E-state index contributed by atoms with van der Waals surface area (Å²) in [5.41, 5.74) is 0. The Morgan fingerprint density at radius 3 is 2.85 bits per heavy atom. The first-order chi connectivity index (χ1) is 9.50. The molecule has 20 heavy (non-hydrogen) atoms. The number of hydrogen-bond acceptors (Lipinski definition) is 3. The summed E-state index contributed by atoms with van der Waals surface area (Å²) in [6, 6.07) is 2.38. The SMILES string of the molecule is O=S(=O)(c1cc(F)ccc1F)N1CCC[C@H]2CNC[C@H]21. The summed E-state index contributed by atoms with van der Waals surface area (Å²) in [5, 5.41) is 3.17. The molecule has 110 valence electrons. The van der Waals surface area contributed by atoms with Gasteiger partial charge in [0, 0.05) is 19.1 Å². The molecule has 2 fully saturated rings. The van der Waals surface area contributed by atoms with E-state index in [1.165, 1.54) is 4.31 Å². The Balaban J connectivity index is 2.00. The number of benzene rings is 1. The van der Waals surface area contributed by atoms with Crippen LogP contribution >= 0.6 is 0 Å². The van der Waals surface area contributed by atoms with Gasteiger partial charge in [0.25, 0.3) is 0 Å². The second-order valence-corrected chi connectivity index (χ2v) is 7.18. The van der Waals surface area contributed by atoms with Crippen LogP contribution in [0.3, 0.4) is 0 Å². The number of fused-ring (bicyclic) bond motifs is 1. The van der Waals surface area contributed by atoms with Gasteiger partial charge in [0.2, 0.25) is 10.0 Å². The van der Waals surface area contributed by atoms with Crippen molar-refractivity contribution in [2.45, 2.75) is 23.8 Å². The molecule has 0 spiro atoms. The second kappa shape index (κ2) is 5.05. The molecule has 4 nitrogen and oxygen atoms in total. The maximum absolute atomic E-state index is 13.8. The van der Waals surface area contributed by atoms with Crippen molar-refractivity contribution in [1.82, 2.24) is 9.62 Å². The number of nitrogens with zero attached hydrogens (tertiary/aromatic N) is 1. The molecule has 1 aromatic rings. The minimum absolute atomic E-state index is 0.156. The molecule has 0 aromatic heterocycles. The number of rotatable bonds is 2. The van der Waals surface area contributed by atoms with Crippen LogP contribution in [0.4, 0.5) is 8.78 Å². The number of sulfonamides is 1. The second-order valence-electron chi connectivity index (χ2n) is 5.32. The lowest BCUT2D eigenvalue weighted by Crippen LogP contribution is -2.48. The standard InChI is InChI=1S/C13H16F2N2O2S/c14-10-3-4-11(15)13(6-10)20(18,19)17-5-1-2-9-7-16-8-12(9)17/h3-4,6,9,12,16H,1-2,5,7-8H2/t9-,12+/m0/s1. The number of piperidine rings is 1. The van der Waals surface area contributed by atoms with E-state index in [4.69, 9.17) is 0 Å². The molecule has 2 heterocycles. The zero-order valence-corrected chi connectivity index (χ0v) is 11.7. The van der Waals surface area contributed by atoms with Gasteiger partial charge in [-0.3, -0.25) is 0 Å². The van der Waals surface area contributed by atoms with Gasteiger partial charge < -0.3 is 5.32 Å². The van der Waals surface area contributed by atoms with E-state index < -0.39 is 26.6 Å². The zero-order chi connectivity index (χ0) is 14.3. The van der Waals surface area contributed by atoms with Gasteiger partial charge in [0.1, 0.15) is 16.5 Å². The summed E-state index contributed by atoms with van der Waals surface area (Å²) in [5.74, 6) is -1.39. The van der Waals surface area contributed by atoms with Crippen molar-refractivity contribution in [3.63, 3.8) is 0 Å². The summed E-state index contributed by atoms with van der Waals surface area (Å²) < 4.78 is 53.5. The van der Waals surface area contributed by atoms with Crippen LogP contribution in [0.15, 0.2) is 23.1 Å². The van der Waals surface area contributed by atoms with Crippen molar-refractivity contribution >= 4 is 10.0 Å². The van der Waals surface area contributed by atoms with Crippen LogP contribution in [0.5, 0.6) is 0 Å². The van der Waals surface area contributed by atoms with E-state index in [0.29, 0.717) is 13.1 Å². The Labute approximate surface area is 116 Å². The molecule has 2 saturated heterocycles. The van der Waals surface area contributed by atoms with Crippen molar-refractivity contribution < 1.29 is 17.2 Å². The number of hydrogen-bond donors (Lipinski definition) is 1. The molecule has 0 radical (unpaired) electrons. The average molecular weight is 302 g/mol. The van der Waals surface area contributed by atoms with Crippen molar-refractivity contribution in [3.8, 4) is 0 Å². The number of nitrogens with one attached hydrogen (secondary N) is 1. The average Bonchev–Trinajstić information content (AvgIpc) is 2.89. The third-order valence-corrected chi connectivity index (χ3v) is 6.05. The molecule has 1 N–H and O–H groups in total. The van der Waals surface area contributed by atoms with Crippen LogP contribution in [-0.4, -0.2) is 38.4 Å². The van der Waals surface area contributed by atoms with Gasteiger partial charge in [-0.1, -0.05) is 0 Å². The quantitative estimate of drug-likeness (QED) is 0.897. The minimum Gasteiger partial charge on any atom is -0.315 e. The highest BCUT2D eigenvalue weighted by Crippen LogP contribution is 2.32. The fraction of sp³-hybridized carbons (Fsp3) is 0.538. The van der Waals surface area contributed by atoms with Gasteiger partial charge in [-0.2, -0.15) is 4.31 Å². The lowest BCUT2D eigenvalue weighted by molar-refractivity contribution is 0.217. The highest BCUT2D eigenvalue weighted by atomic mass is 32.2. The molecule has 3 rings (SSSR count). The van der Waals surface area contributed by atoms with Crippen LogP contribution in [0, 0.1) is 17.6 Å². The Kier molecular flexibility index (Phi) is 3.51. The Morgan fingerprint density at radius 2 is 2.05 bits per heavy atom. The van der Waals surface area contributed by atoms with E-state index in [2.05, 4.69) is 5.32 Å². The van der Waals surface area contributed by atoms with Gasteiger partial charge in [-0.25, -0.2) is 17.2 Å². The van der Waals surface area contributed by atoms with Gasteiger partial charge in [0.05, 0.1) is 0 Å². The fourth-order valence-corrected chi connectivity index (χ4v) is 4.93. The van der Waals surface area contributed by atoms with Crippen molar-refractivity contribution in [2.75, 3.05) is 19.6 Å². The third kappa shape index (κ3) is 2.23. The fourth-order valence-electron chi connectivity index (χ4n) is 3.13. The van der Waals surface area contributed by atoms with Crippen LogP contribution in [0.2, 0.25) is 0 Å². The predicted molar refractivity (Wildman–Crippen MR) is 69.6 cm³/mol. The van der Waals surface area contributed by atoms with E-state index in [-0.39, 0.29) is 12.0 Å². The molecule has 2 aliphatic heterocycles. The minimum atomic E-state index is -3.99. The van der Waals surface area contributed by atoms with Crippen molar-refractivity contribution in [3.05, 3.63) is 29.8 Å². The van der Waals surface area contributed by atoms with Gasteiger partial charge >= 0.3 is 0 Å². The van der Waals surface area contributed by atoms with E-state index >= 15 is 0 Å². The smallest absolute Gasteiger partial charge is 0.246 e. The first-order valence-corrected chi connectivity index (χ1v) is 8.12. The summed E-state index contributed by atoms with van der Waals surface area (Å²) >= 11 is 0. The largest absolute Gasteiger partial charge is 0.315 e. The molecule has 0 unspecified atom stereocenters. The maximum Gasteiger partial charge on any atom is 0.246 e. The predicted octanol–water partition coefficient (Wildman–Crippen LogP) is 1.34. The number of halogens is 2. The van der Waals surface area contributed by atoms with E-state index in [0.717, 1.165) is 37.6 Å². The van der Waals surface area contributed by atoms with Crippen molar-refractivity contribution in [2.24, 2.45) is 5.92 Å². The van der Waals surface area contributed by atoms with Crippen molar-refractivity contribution in [1.29, 1.82) is 0 Å². The van der Waals surface area contributed by atoms with Gasteiger partial charge in [-0.05, 0) is 43.5 Å². The molecule has 1 aromatic carbocycles. The summed E-state index contributed by atoms with van der Waals surface area (Å²) in [4.78, 5) is -0.565. The summed E-state index contributed by atoms with van der Waals surface area (Å²) in [6.07, 6.45) is 1.72. The molecule has 0 amide bonds. The van der Waals surface area contributed by atoms with Crippen LogP contribution in [0.25, 0.3) is 0 Å². The first-order valence-electron chi connectivity index (χ1n) is 6.68. The monoisotopic (exact) mass is 302 g/mol. The van der Waals surface area contributed by atoms with Gasteiger partial charge in [0.15, 0.2) is 0 Å². The molecule has 2 atom stereocenters. The van der Waals surface area contributed by atoms with E-state index in [1.54, 1.807) is 0 Å². The maximum atomic E-state index is 13.8. The van der Waals surface area contributed by atoms with Gasteiger partial charge in [-0.15, -0.1) is 0 Å². The molecule has 0 saturated carbocycles. The molecule has 0 aliphatic carbocycles. The Bertz CT molecular complexity index is 621. The Morgan fingerprint density at radius 1 is 1.25 bits per heavy atom.